The van der Waals surface area contributed by atoms with E-state index in [1.165, 1.54) is 23.0 Å². The summed E-state index contributed by atoms with van der Waals surface area (Å²) < 4.78 is 1.71. The molecule has 0 atom stereocenters. The van der Waals surface area contributed by atoms with Crippen molar-refractivity contribution in [2.24, 2.45) is 0 Å². The van der Waals surface area contributed by atoms with E-state index in [2.05, 4.69) is 42.3 Å². The molecule has 0 saturated heterocycles. The second-order valence-corrected chi connectivity index (χ2v) is 8.55. The largest absolute Gasteiger partial charge is 0.467 e. The number of aryl methyl sites for hydroxylation is 1. The second kappa shape index (κ2) is 13.6. The molecule has 2 amide bonds. The maximum Gasteiger partial charge on any atom is 0.274 e. The van der Waals surface area contributed by atoms with Gasteiger partial charge in [0.05, 0.1) is 16.3 Å². The molecular weight excluding hydrogens is 624 g/mol. The van der Waals surface area contributed by atoms with Gasteiger partial charge in [-0.3, -0.25) is 9.59 Å². The number of nitrogens with one attached hydrogen (secondary N) is 2. The molecule has 2 N–H and O–H groups in total. The van der Waals surface area contributed by atoms with Gasteiger partial charge in [-0.2, -0.15) is 5.10 Å². The van der Waals surface area contributed by atoms with Crippen LogP contribution in [0.15, 0.2) is 41.1 Å². The molecule has 13 heteroatoms. The summed E-state index contributed by atoms with van der Waals surface area (Å²) in [4.78, 5) is 35.1. The minimum atomic E-state index is -0.588. The first-order valence-electron chi connectivity index (χ1n) is 9.92. The summed E-state index contributed by atoms with van der Waals surface area (Å²) in [6.07, 6.45) is 3.28. The molecule has 1 radical (unpaired) electrons. The first kappa shape index (κ1) is 28.8. The number of carbonyl (C=O) groups is 2. The van der Waals surface area contributed by atoms with E-state index in [1.807, 2.05) is 6.92 Å². The summed E-state index contributed by atoms with van der Waals surface area (Å²) in [7, 11) is 0. The van der Waals surface area contributed by atoms with Crippen molar-refractivity contribution in [2.45, 2.75) is 26.7 Å². The number of pyridine rings is 1. The molecule has 0 bridgehead atoms. The van der Waals surface area contributed by atoms with E-state index in [1.54, 1.807) is 25.1 Å². The Labute approximate surface area is 240 Å². The zero-order valence-electron chi connectivity index (χ0n) is 18.3. The van der Waals surface area contributed by atoms with Gasteiger partial charge in [0.25, 0.3) is 5.91 Å². The van der Waals surface area contributed by atoms with Gasteiger partial charge in [0, 0.05) is 56.6 Å². The van der Waals surface area contributed by atoms with E-state index in [4.69, 9.17) is 28.0 Å². The Bertz CT molecular complexity index is 1180. The number of hydrogen-bond donors (Lipinski definition) is 2. The van der Waals surface area contributed by atoms with Crippen molar-refractivity contribution in [3.05, 3.63) is 73.6 Å². The predicted octanol–water partition coefficient (Wildman–Crippen LogP) is 5.65. The van der Waals surface area contributed by atoms with Crippen LogP contribution in [0.5, 0.6) is 0 Å². The van der Waals surface area contributed by atoms with Crippen molar-refractivity contribution < 1.29 is 47.1 Å². The molecule has 1 aromatic carbocycles. The van der Waals surface area contributed by atoms with Crippen LogP contribution in [0.2, 0.25) is 10.0 Å². The van der Waals surface area contributed by atoms with Gasteiger partial charge in [-0.05, 0) is 59.1 Å². The van der Waals surface area contributed by atoms with Crippen molar-refractivity contribution in [1.29, 1.82) is 0 Å². The molecule has 2 heterocycles. The average Bonchev–Trinajstić information content (AvgIpc) is 3.17. The minimum absolute atomic E-state index is 0. The molecule has 0 aliphatic carbocycles. The van der Waals surface area contributed by atoms with Crippen LogP contribution in [0.4, 0.5) is 5.69 Å². The van der Waals surface area contributed by atoms with Gasteiger partial charge in [0.1, 0.15) is 10.3 Å². The SMILES string of the molecule is CCCCO[N-]NC(=O)c1cc(Cl)cc(C)c1NC(=O)c1cc(Br)nn1-c1ncccc1Cl.[Y]. The molecule has 3 rings (SSSR count). The Balaban J connectivity index is 0.00000408. The third-order valence-corrected chi connectivity index (χ3v) is 5.34. The molecule has 2 aromatic heterocycles. The third kappa shape index (κ3) is 7.30. The number of carbonyl (C=O) groups excluding carboxylic acids is 2. The first-order chi connectivity index (χ1) is 15.8. The molecule has 0 saturated carbocycles. The number of rotatable bonds is 9. The number of hydrogen-bond acceptors (Lipinski definition) is 5. The van der Waals surface area contributed by atoms with E-state index in [0.29, 0.717) is 26.8 Å². The Morgan fingerprint density at radius 1 is 1.24 bits per heavy atom. The van der Waals surface area contributed by atoms with Gasteiger partial charge < -0.3 is 21.2 Å². The van der Waals surface area contributed by atoms with Crippen molar-refractivity contribution >= 4 is 56.6 Å². The summed E-state index contributed by atoms with van der Waals surface area (Å²) in [6, 6.07) is 7.89. The maximum absolute atomic E-state index is 13.2. The molecule has 0 spiro atoms. The van der Waals surface area contributed by atoms with Crippen LogP contribution in [0.3, 0.4) is 0 Å². The molecule has 3 aromatic rings. The standard InChI is InChI=1S/C21H21BrCl2N6O3.Y/c1-3-4-8-33-29-27-20(31)14-10-13(23)9-12(2)18(14)26-21(32)16-11-17(22)28-30(16)19-15(24)6-5-7-25-19;/h5-7,9-11H,3-4,8H2,1-2H3,(H3,26,27,28,29,31,32);/p-1. The van der Waals surface area contributed by atoms with Crippen LogP contribution >= 0.6 is 39.1 Å². The number of benzene rings is 1. The Kier molecular flexibility index (Phi) is 11.6. The van der Waals surface area contributed by atoms with Crippen LogP contribution in [-0.4, -0.2) is 33.2 Å². The normalized spacial score (nSPS) is 10.5. The molecule has 0 fully saturated rings. The van der Waals surface area contributed by atoms with Gasteiger partial charge in [-0.15, -0.1) is 0 Å². The number of amides is 2. The average molecular weight is 644 g/mol. The van der Waals surface area contributed by atoms with Gasteiger partial charge >= 0.3 is 0 Å². The van der Waals surface area contributed by atoms with Gasteiger partial charge in [0.15, 0.2) is 5.82 Å². The Hall–Kier alpha value is -1.40. The Morgan fingerprint density at radius 3 is 2.71 bits per heavy atom. The summed E-state index contributed by atoms with van der Waals surface area (Å²) in [5.74, 6) is -0.843. The zero-order chi connectivity index (χ0) is 24.0. The monoisotopic (exact) mass is 642 g/mol. The number of nitrogens with zero attached hydrogens (tertiary/aromatic N) is 4. The van der Waals surface area contributed by atoms with E-state index in [9.17, 15) is 9.59 Å². The van der Waals surface area contributed by atoms with Crippen molar-refractivity contribution in [1.82, 2.24) is 20.2 Å². The van der Waals surface area contributed by atoms with Crippen LogP contribution < -0.4 is 10.7 Å². The summed E-state index contributed by atoms with van der Waals surface area (Å²) >= 11 is 15.7. The molecule has 0 aliphatic heterocycles. The number of anilines is 1. The summed E-state index contributed by atoms with van der Waals surface area (Å²) in [5, 5.41) is 7.66. The molecule has 0 aliphatic rings. The van der Waals surface area contributed by atoms with Crippen molar-refractivity contribution in [2.75, 3.05) is 11.9 Å². The fourth-order valence-corrected chi connectivity index (χ4v) is 3.71. The second-order valence-electron chi connectivity index (χ2n) is 6.89. The van der Waals surface area contributed by atoms with Gasteiger partial charge in [-0.25, -0.2) is 9.67 Å². The topological polar surface area (TPSA) is 112 Å². The van der Waals surface area contributed by atoms with E-state index in [0.717, 1.165) is 12.8 Å². The molecule has 0 unspecified atom stereocenters. The first-order valence-corrected chi connectivity index (χ1v) is 11.5. The molecule has 9 nitrogen and oxygen atoms in total. The van der Waals surface area contributed by atoms with Gasteiger partial charge in [-0.1, -0.05) is 36.5 Å². The quantitative estimate of drug-likeness (QED) is 0.231. The Morgan fingerprint density at radius 2 is 2.00 bits per heavy atom. The smallest absolute Gasteiger partial charge is 0.274 e. The van der Waals surface area contributed by atoms with Crippen LogP contribution in [-0.2, 0) is 37.5 Å². The molecular formula is C21H20BrCl2N6O3Y-. The summed E-state index contributed by atoms with van der Waals surface area (Å²) in [6.45, 7) is 4.11. The minimum Gasteiger partial charge on any atom is -0.467 e. The fourth-order valence-electron chi connectivity index (χ4n) is 2.86. The van der Waals surface area contributed by atoms with E-state index in [-0.39, 0.29) is 55.5 Å². The zero-order valence-corrected chi connectivity index (χ0v) is 24.2. The predicted molar refractivity (Wildman–Crippen MR) is 130 cm³/mol. The number of unbranched alkanes of at least 4 members (excludes halogenated alkanes) is 1. The van der Waals surface area contributed by atoms with E-state index < -0.39 is 11.8 Å². The number of halogens is 3. The van der Waals surface area contributed by atoms with Gasteiger partial charge in [0.2, 0.25) is 5.91 Å². The van der Waals surface area contributed by atoms with Crippen LogP contribution in [0.25, 0.3) is 11.4 Å². The summed E-state index contributed by atoms with van der Waals surface area (Å²) in [5.41, 5.74) is 7.02. The van der Waals surface area contributed by atoms with Crippen LogP contribution in [0, 0.1) is 6.92 Å². The van der Waals surface area contributed by atoms with Crippen molar-refractivity contribution in [3.8, 4) is 5.82 Å². The molecule has 34 heavy (non-hydrogen) atoms. The third-order valence-electron chi connectivity index (χ3n) is 4.44. The fraction of sp³-hybridized carbons (Fsp3) is 0.238. The number of aromatic nitrogens is 3. The van der Waals surface area contributed by atoms with Crippen molar-refractivity contribution in [3.63, 3.8) is 0 Å². The molecule has 177 valence electrons. The van der Waals surface area contributed by atoms with E-state index >= 15 is 0 Å². The maximum atomic E-state index is 13.2. The van der Waals surface area contributed by atoms with Crippen LogP contribution in [0.1, 0.15) is 46.2 Å².